The van der Waals surface area contributed by atoms with Gasteiger partial charge in [-0.15, -0.1) is 0 Å². The fraction of sp³-hybridized carbons (Fsp3) is 0.357. The fourth-order valence-electron chi connectivity index (χ4n) is 4.74. The van der Waals surface area contributed by atoms with Crippen LogP contribution in [0.25, 0.3) is 22.4 Å². The second-order valence-electron chi connectivity index (χ2n) is 9.96. The maximum atomic E-state index is 14.3. The van der Waals surface area contributed by atoms with Gasteiger partial charge in [-0.3, -0.25) is 4.79 Å². The minimum Gasteiger partial charge on any atom is -0.354 e. The molecule has 39 heavy (non-hydrogen) atoms. The molecule has 0 saturated carbocycles. The molecule has 2 aromatic heterocycles. The minimum atomic E-state index is -4.52. The quantitative estimate of drug-likeness (QED) is 0.289. The van der Waals surface area contributed by atoms with Gasteiger partial charge in [0.2, 0.25) is 0 Å². The molecular formula is C28H27F4N5O2. The Hall–Kier alpha value is -4.02. The van der Waals surface area contributed by atoms with Crippen LogP contribution in [-0.2, 0) is 12.6 Å². The highest BCUT2D eigenvalue weighted by molar-refractivity contribution is 5.98. The van der Waals surface area contributed by atoms with Crippen LogP contribution in [-0.4, -0.2) is 52.1 Å². The van der Waals surface area contributed by atoms with Crippen molar-refractivity contribution in [3.63, 3.8) is 0 Å². The minimum absolute atomic E-state index is 0.0143. The Bertz CT molecular complexity index is 1500. The molecule has 5 rings (SSSR count). The maximum Gasteiger partial charge on any atom is 0.416 e. The van der Waals surface area contributed by atoms with E-state index in [9.17, 15) is 22.4 Å². The highest BCUT2D eigenvalue weighted by atomic mass is 19.4. The SMILES string of the molecule is CC(C)Cc1nc(N2CCCN(C(=O)c3ccccc3F)CC2)c2c(-c3cccc(C(F)(F)F)c3)noc2n1. The molecule has 204 valence electrons. The molecule has 7 nitrogen and oxygen atoms in total. The number of carbonyl (C=O) groups excluding carboxylic acids is 1. The largest absolute Gasteiger partial charge is 0.416 e. The smallest absolute Gasteiger partial charge is 0.354 e. The lowest BCUT2D eigenvalue weighted by Gasteiger charge is -2.24. The number of hydrogen-bond acceptors (Lipinski definition) is 6. The number of anilines is 1. The third kappa shape index (κ3) is 5.57. The molecular weight excluding hydrogens is 514 g/mol. The summed E-state index contributed by atoms with van der Waals surface area (Å²) in [7, 11) is 0. The van der Waals surface area contributed by atoms with Crippen LogP contribution in [0.15, 0.2) is 53.1 Å². The van der Waals surface area contributed by atoms with E-state index < -0.39 is 23.5 Å². The highest BCUT2D eigenvalue weighted by Crippen LogP contribution is 2.37. The van der Waals surface area contributed by atoms with Gasteiger partial charge in [0.05, 0.1) is 11.1 Å². The number of fused-ring (bicyclic) bond motifs is 1. The Morgan fingerprint density at radius 3 is 2.56 bits per heavy atom. The summed E-state index contributed by atoms with van der Waals surface area (Å²) in [5.41, 5.74) is -0.152. The van der Waals surface area contributed by atoms with Crippen LogP contribution in [0.4, 0.5) is 23.4 Å². The van der Waals surface area contributed by atoms with Gasteiger partial charge in [0.15, 0.2) is 0 Å². The summed E-state index contributed by atoms with van der Waals surface area (Å²) in [6.07, 6.45) is -3.37. The van der Waals surface area contributed by atoms with E-state index in [4.69, 9.17) is 9.51 Å². The van der Waals surface area contributed by atoms with Gasteiger partial charge in [-0.2, -0.15) is 18.2 Å². The average Bonchev–Trinajstić information content (AvgIpc) is 3.16. The van der Waals surface area contributed by atoms with E-state index in [0.29, 0.717) is 56.0 Å². The number of halogens is 4. The molecule has 4 aromatic rings. The number of carbonyl (C=O) groups is 1. The van der Waals surface area contributed by atoms with Gasteiger partial charge in [0, 0.05) is 38.2 Å². The second-order valence-corrected chi connectivity index (χ2v) is 9.96. The van der Waals surface area contributed by atoms with E-state index in [1.807, 2.05) is 18.7 Å². The average molecular weight is 542 g/mol. The Balaban J connectivity index is 1.53. The zero-order valence-electron chi connectivity index (χ0n) is 21.5. The summed E-state index contributed by atoms with van der Waals surface area (Å²) in [6.45, 7) is 5.67. The van der Waals surface area contributed by atoms with Gasteiger partial charge in [0.25, 0.3) is 11.6 Å². The first-order valence-electron chi connectivity index (χ1n) is 12.7. The van der Waals surface area contributed by atoms with Gasteiger partial charge in [-0.1, -0.05) is 43.3 Å². The second kappa shape index (κ2) is 10.6. The lowest BCUT2D eigenvalue weighted by Crippen LogP contribution is -2.36. The summed E-state index contributed by atoms with van der Waals surface area (Å²) in [6, 6.07) is 10.8. The summed E-state index contributed by atoms with van der Waals surface area (Å²) in [5.74, 6) is 0.305. The molecule has 1 saturated heterocycles. The summed E-state index contributed by atoms with van der Waals surface area (Å²) < 4.78 is 60.1. The lowest BCUT2D eigenvalue weighted by atomic mass is 10.1. The molecule has 0 spiro atoms. The van der Waals surface area contributed by atoms with Crippen LogP contribution >= 0.6 is 0 Å². The molecule has 0 aliphatic carbocycles. The Labute approximate surface area is 222 Å². The highest BCUT2D eigenvalue weighted by Gasteiger charge is 2.32. The molecule has 1 fully saturated rings. The summed E-state index contributed by atoms with van der Waals surface area (Å²) >= 11 is 0. The number of benzene rings is 2. The number of alkyl halides is 3. The van der Waals surface area contributed by atoms with E-state index in [-0.39, 0.29) is 28.5 Å². The van der Waals surface area contributed by atoms with Crippen LogP contribution in [0.1, 0.15) is 42.0 Å². The third-order valence-electron chi connectivity index (χ3n) is 6.60. The van der Waals surface area contributed by atoms with Gasteiger partial charge in [-0.25, -0.2) is 9.37 Å². The third-order valence-corrected chi connectivity index (χ3v) is 6.60. The van der Waals surface area contributed by atoms with Gasteiger partial charge >= 0.3 is 6.18 Å². The van der Waals surface area contributed by atoms with Crippen molar-refractivity contribution < 1.29 is 26.9 Å². The monoisotopic (exact) mass is 541 g/mol. The molecule has 0 bridgehead atoms. The van der Waals surface area contributed by atoms with Crippen molar-refractivity contribution in [3.8, 4) is 11.3 Å². The fourth-order valence-corrected chi connectivity index (χ4v) is 4.74. The van der Waals surface area contributed by atoms with Crippen LogP contribution in [0.5, 0.6) is 0 Å². The molecule has 0 N–H and O–H groups in total. The predicted molar refractivity (Wildman–Crippen MR) is 138 cm³/mol. The van der Waals surface area contributed by atoms with E-state index in [1.165, 1.54) is 30.3 Å². The standard InChI is InChI=1S/C28H27F4N5O2/c1-17(2)15-22-33-25(36-11-6-12-37(14-13-36)27(38)20-9-3-4-10-21(20)29)23-24(35-39-26(23)34-22)18-7-5-8-19(16-18)28(30,31)32/h3-5,7-10,16-17H,6,11-15H2,1-2H3. The Kier molecular flexibility index (Phi) is 7.24. The number of aromatic nitrogens is 3. The molecule has 2 aromatic carbocycles. The topological polar surface area (TPSA) is 75.4 Å². The van der Waals surface area contributed by atoms with Gasteiger partial charge in [-0.05, 0) is 36.6 Å². The molecule has 3 heterocycles. The number of nitrogens with zero attached hydrogens (tertiary/aromatic N) is 5. The van der Waals surface area contributed by atoms with Crippen molar-refractivity contribution in [3.05, 3.63) is 71.3 Å². The maximum absolute atomic E-state index is 14.3. The zero-order valence-corrected chi connectivity index (χ0v) is 21.5. The van der Waals surface area contributed by atoms with E-state index >= 15 is 0 Å². The first-order chi connectivity index (χ1) is 18.6. The molecule has 11 heteroatoms. The van der Waals surface area contributed by atoms with Crippen molar-refractivity contribution in [1.82, 2.24) is 20.0 Å². The molecule has 0 atom stereocenters. The van der Waals surface area contributed by atoms with Crippen LogP contribution < -0.4 is 4.90 Å². The number of rotatable bonds is 5. The van der Waals surface area contributed by atoms with Crippen molar-refractivity contribution in [2.24, 2.45) is 5.92 Å². The van der Waals surface area contributed by atoms with Crippen LogP contribution in [0, 0.1) is 11.7 Å². The van der Waals surface area contributed by atoms with E-state index in [2.05, 4.69) is 10.1 Å². The van der Waals surface area contributed by atoms with Crippen molar-refractivity contribution in [1.29, 1.82) is 0 Å². The van der Waals surface area contributed by atoms with E-state index in [0.717, 1.165) is 12.1 Å². The zero-order chi connectivity index (χ0) is 27.7. The normalized spacial score (nSPS) is 14.7. The first-order valence-corrected chi connectivity index (χ1v) is 12.7. The lowest BCUT2D eigenvalue weighted by molar-refractivity contribution is -0.137. The van der Waals surface area contributed by atoms with Crippen molar-refractivity contribution in [2.45, 2.75) is 32.9 Å². The summed E-state index contributed by atoms with van der Waals surface area (Å²) in [5, 5.41) is 4.52. The number of amides is 1. The van der Waals surface area contributed by atoms with Gasteiger partial charge < -0.3 is 14.3 Å². The molecule has 0 radical (unpaired) electrons. The number of hydrogen-bond donors (Lipinski definition) is 0. The Morgan fingerprint density at radius 2 is 1.82 bits per heavy atom. The van der Waals surface area contributed by atoms with Crippen molar-refractivity contribution >= 4 is 22.8 Å². The van der Waals surface area contributed by atoms with Crippen molar-refractivity contribution in [2.75, 3.05) is 31.1 Å². The Morgan fingerprint density at radius 1 is 1.03 bits per heavy atom. The molecule has 1 aliphatic heterocycles. The molecule has 0 unspecified atom stereocenters. The first kappa shape index (κ1) is 26.6. The summed E-state index contributed by atoms with van der Waals surface area (Å²) in [4.78, 5) is 25.9. The molecule has 1 aliphatic rings. The van der Waals surface area contributed by atoms with Crippen LogP contribution in [0.3, 0.4) is 0 Å². The van der Waals surface area contributed by atoms with E-state index in [1.54, 1.807) is 11.0 Å². The van der Waals surface area contributed by atoms with Crippen LogP contribution in [0.2, 0.25) is 0 Å². The predicted octanol–water partition coefficient (Wildman–Crippen LogP) is 5.99. The van der Waals surface area contributed by atoms with Gasteiger partial charge in [0.1, 0.15) is 28.5 Å². The molecule has 1 amide bonds.